The fourth-order valence-corrected chi connectivity index (χ4v) is 9.38. The SMILES string of the molecule is O=S(=O)(O)CCCN1C(=Cc2sc3ccc(-c4cc5ccccc5s4)cc3[n+]2CCCS(=O)(=O)O)Sc2ccc(F)cc21. The van der Waals surface area contributed by atoms with Gasteiger partial charge in [0.2, 0.25) is 5.52 Å². The van der Waals surface area contributed by atoms with E-state index in [9.17, 15) is 30.3 Å². The maximum atomic E-state index is 14.2. The van der Waals surface area contributed by atoms with Crippen molar-refractivity contribution in [2.75, 3.05) is 23.0 Å². The Morgan fingerprint density at radius 3 is 2.40 bits per heavy atom. The summed E-state index contributed by atoms with van der Waals surface area (Å²) in [5.41, 5.74) is 2.54. The second kappa shape index (κ2) is 11.9. The number of aryl methyl sites for hydroxylation is 1. The van der Waals surface area contributed by atoms with Crippen LogP contribution in [0.3, 0.4) is 0 Å². The first-order valence-electron chi connectivity index (χ1n) is 13.3. The lowest BCUT2D eigenvalue weighted by Crippen LogP contribution is -2.36. The fourth-order valence-electron chi connectivity index (χ4n) is 5.04. The number of aromatic nitrogens is 1. The van der Waals surface area contributed by atoms with Crippen LogP contribution >= 0.6 is 34.4 Å². The summed E-state index contributed by atoms with van der Waals surface area (Å²) >= 11 is 4.63. The molecule has 0 saturated heterocycles. The number of anilines is 1. The van der Waals surface area contributed by atoms with E-state index in [0.717, 1.165) is 41.0 Å². The van der Waals surface area contributed by atoms with Gasteiger partial charge in [-0.1, -0.05) is 47.4 Å². The van der Waals surface area contributed by atoms with Crippen molar-refractivity contribution in [2.45, 2.75) is 24.3 Å². The van der Waals surface area contributed by atoms with E-state index < -0.39 is 31.8 Å². The molecule has 5 aromatic rings. The van der Waals surface area contributed by atoms with Crippen molar-refractivity contribution >= 4 is 86.7 Å². The molecule has 0 bridgehead atoms. The molecule has 14 heteroatoms. The average molecular weight is 678 g/mol. The minimum atomic E-state index is -4.16. The van der Waals surface area contributed by atoms with E-state index in [1.807, 2.05) is 33.7 Å². The molecule has 1 aliphatic heterocycles. The van der Waals surface area contributed by atoms with Crippen LogP contribution in [0.5, 0.6) is 0 Å². The van der Waals surface area contributed by atoms with Crippen molar-refractivity contribution in [3.63, 3.8) is 0 Å². The van der Waals surface area contributed by atoms with Gasteiger partial charge in [-0.3, -0.25) is 9.11 Å². The minimum absolute atomic E-state index is 0.131. The van der Waals surface area contributed by atoms with Crippen LogP contribution in [-0.4, -0.2) is 44.0 Å². The number of halogens is 1. The van der Waals surface area contributed by atoms with Gasteiger partial charge in [-0.15, -0.1) is 11.3 Å². The van der Waals surface area contributed by atoms with Gasteiger partial charge in [0.05, 0.1) is 28.3 Å². The van der Waals surface area contributed by atoms with Crippen LogP contribution in [0.2, 0.25) is 0 Å². The van der Waals surface area contributed by atoms with Gasteiger partial charge in [-0.2, -0.15) is 21.4 Å². The van der Waals surface area contributed by atoms with Gasteiger partial charge in [0, 0.05) is 33.5 Å². The number of benzene rings is 3. The number of fused-ring (bicyclic) bond motifs is 3. The first-order valence-corrected chi connectivity index (χ1v) is 18.9. The third-order valence-electron chi connectivity index (χ3n) is 6.95. The van der Waals surface area contributed by atoms with Crippen molar-refractivity contribution in [2.24, 2.45) is 0 Å². The predicted octanol–water partition coefficient (Wildman–Crippen LogP) is 6.68. The van der Waals surface area contributed by atoms with E-state index in [1.165, 1.54) is 39.9 Å². The highest BCUT2D eigenvalue weighted by Crippen LogP contribution is 2.47. The van der Waals surface area contributed by atoms with Crippen LogP contribution < -0.4 is 9.47 Å². The lowest BCUT2D eigenvalue weighted by molar-refractivity contribution is -0.668. The highest BCUT2D eigenvalue weighted by atomic mass is 32.2. The molecule has 0 amide bonds. The number of rotatable bonds is 10. The molecule has 2 N–H and O–H groups in total. The molecule has 1 aliphatic rings. The second-order valence-electron chi connectivity index (χ2n) is 10.1. The smallest absolute Gasteiger partial charge is 0.265 e. The zero-order valence-corrected chi connectivity index (χ0v) is 26.6. The summed E-state index contributed by atoms with van der Waals surface area (Å²) in [6.45, 7) is 0.558. The zero-order valence-electron chi connectivity index (χ0n) is 22.5. The molecule has 224 valence electrons. The number of nitrogens with zero attached hydrogens (tertiary/aromatic N) is 2. The van der Waals surface area contributed by atoms with Crippen LogP contribution in [0, 0.1) is 5.82 Å². The Bertz CT molecular complexity index is 2070. The molecule has 2 aromatic heterocycles. The summed E-state index contributed by atoms with van der Waals surface area (Å²) in [7, 11) is -8.30. The van der Waals surface area contributed by atoms with Gasteiger partial charge in [0.15, 0.2) is 6.54 Å². The van der Waals surface area contributed by atoms with Gasteiger partial charge in [-0.05, 0) is 53.8 Å². The molecular formula is C29H26FN2O6S5+. The molecule has 8 nitrogen and oxygen atoms in total. The largest absolute Gasteiger partial charge is 0.335 e. The molecular weight excluding hydrogens is 652 g/mol. The van der Waals surface area contributed by atoms with E-state index in [-0.39, 0.29) is 25.1 Å². The Labute approximate surface area is 260 Å². The van der Waals surface area contributed by atoms with Crippen LogP contribution in [0.4, 0.5) is 10.1 Å². The van der Waals surface area contributed by atoms with E-state index in [1.54, 1.807) is 17.4 Å². The molecule has 0 saturated carbocycles. The van der Waals surface area contributed by atoms with Crippen LogP contribution in [0.1, 0.15) is 17.8 Å². The molecule has 0 spiro atoms. The number of thiophene rings is 1. The number of hydrogen-bond donors (Lipinski definition) is 2. The monoisotopic (exact) mass is 677 g/mol. The summed E-state index contributed by atoms with van der Waals surface area (Å²) in [4.78, 5) is 3.75. The van der Waals surface area contributed by atoms with Gasteiger partial charge in [0.25, 0.3) is 25.2 Å². The van der Waals surface area contributed by atoms with Crippen molar-refractivity contribution in [3.8, 4) is 10.4 Å². The first-order chi connectivity index (χ1) is 20.4. The molecule has 3 aromatic carbocycles. The topological polar surface area (TPSA) is 116 Å². The van der Waals surface area contributed by atoms with Gasteiger partial charge in [0.1, 0.15) is 10.5 Å². The molecule has 6 rings (SSSR count). The van der Waals surface area contributed by atoms with Crippen molar-refractivity contribution in [1.82, 2.24) is 0 Å². The summed E-state index contributed by atoms with van der Waals surface area (Å²) < 4.78 is 82.8. The van der Waals surface area contributed by atoms with Gasteiger partial charge < -0.3 is 4.90 Å². The Morgan fingerprint density at radius 2 is 1.63 bits per heavy atom. The molecule has 43 heavy (non-hydrogen) atoms. The Morgan fingerprint density at radius 1 is 0.860 bits per heavy atom. The third-order valence-corrected chi connectivity index (χ3v) is 11.9. The van der Waals surface area contributed by atoms with Crippen LogP contribution in [-0.2, 0) is 26.8 Å². The normalized spacial score (nSPS) is 14.8. The van der Waals surface area contributed by atoms with Gasteiger partial charge in [-0.25, -0.2) is 4.39 Å². The standard InChI is InChI=1S/C29H25FN2O6S5/c30-21-8-10-26-23(17-21)32(12-4-14-43(36,37)38)29(41-26)18-28-31(11-3-13-42(33,34)35)22-15-20(7-9-25(22)40-28)27-16-19-5-1-2-6-24(19)39-27/h1-2,5-10,15-18H,3-4,11-14H2,(H-,33,34,35,36,37,38)/p+1. The second-order valence-corrected chi connectivity index (χ2v) is 16.4. The zero-order chi connectivity index (χ0) is 30.4. The Kier molecular flexibility index (Phi) is 8.37. The summed E-state index contributed by atoms with van der Waals surface area (Å²) in [5, 5.41) is 2.72. The maximum Gasteiger partial charge on any atom is 0.265 e. The highest BCUT2D eigenvalue weighted by molar-refractivity contribution is 8.04. The molecule has 3 heterocycles. The number of hydrogen-bond acceptors (Lipinski definition) is 8. The van der Waals surface area contributed by atoms with E-state index in [2.05, 4.69) is 30.3 Å². The fraction of sp³-hybridized carbons (Fsp3) is 0.207. The summed E-state index contributed by atoms with van der Waals surface area (Å²) in [5.74, 6) is -1.23. The molecule has 0 aliphatic carbocycles. The molecule has 0 radical (unpaired) electrons. The van der Waals surface area contributed by atoms with Crippen molar-refractivity contribution in [1.29, 1.82) is 0 Å². The lowest BCUT2D eigenvalue weighted by Gasteiger charge is -2.19. The average Bonchev–Trinajstić information content (AvgIpc) is 3.61. The highest BCUT2D eigenvalue weighted by Gasteiger charge is 2.29. The summed E-state index contributed by atoms with van der Waals surface area (Å²) in [6, 6.07) is 20.9. The molecule has 0 unspecified atom stereocenters. The van der Waals surface area contributed by atoms with Crippen molar-refractivity contribution in [3.05, 3.63) is 82.6 Å². The third kappa shape index (κ3) is 6.95. The summed E-state index contributed by atoms with van der Waals surface area (Å²) in [6.07, 6.45) is 2.26. The van der Waals surface area contributed by atoms with E-state index >= 15 is 0 Å². The van der Waals surface area contributed by atoms with Crippen LogP contribution in [0.15, 0.2) is 76.7 Å². The number of thioether (sulfide) groups is 1. The van der Waals surface area contributed by atoms with Crippen molar-refractivity contribution < 1.29 is 34.9 Å². The van der Waals surface area contributed by atoms with E-state index in [4.69, 9.17) is 0 Å². The minimum Gasteiger partial charge on any atom is -0.335 e. The quantitative estimate of drug-likeness (QED) is 0.124. The maximum absolute atomic E-state index is 14.2. The Hall–Kier alpha value is -2.85. The lowest BCUT2D eigenvalue weighted by atomic mass is 10.1. The molecule has 0 fully saturated rings. The Balaban J connectivity index is 1.42. The first kappa shape index (κ1) is 30.2. The van der Waals surface area contributed by atoms with Crippen LogP contribution in [0.25, 0.3) is 36.8 Å². The van der Waals surface area contributed by atoms with E-state index in [0.29, 0.717) is 12.2 Å². The van der Waals surface area contributed by atoms with Gasteiger partial charge >= 0.3 is 0 Å². The molecule has 0 atom stereocenters. The predicted molar refractivity (Wildman–Crippen MR) is 172 cm³/mol. The number of thiazole rings is 1.